The van der Waals surface area contributed by atoms with Crippen LogP contribution in [-0.4, -0.2) is 0 Å². The van der Waals surface area contributed by atoms with E-state index in [1.165, 1.54) is 0 Å². The Labute approximate surface area is 147 Å². The minimum atomic E-state index is -0.255. The summed E-state index contributed by atoms with van der Waals surface area (Å²) in [5.74, 6) is -0.255. The Morgan fingerprint density at radius 3 is 2.17 bits per heavy atom. The second-order valence-corrected chi connectivity index (χ2v) is 6.70. The fraction of sp³-hybridized carbons (Fsp3) is 0. The number of rotatable bonds is 1. The molecule has 4 aromatic rings. The zero-order valence-electron chi connectivity index (χ0n) is 12.1. The van der Waals surface area contributed by atoms with Gasteiger partial charge in [0.05, 0.1) is 4.47 Å². The molecule has 0 aromatic heterocycles. The molecule has 3 heteroatoms. The molecule has 0 radical (unpaired) electrons. The Morgan fingerprint density at radius 2 is 1.39 bits per heavy atom. The summed E-state index contributed by atoms with van der Waals surface area (Å²) < 4.78 is 15.4. The Morgan fingerprint density at radius 1 is 0.739 bits per heavy atom. The van der Waals surface area contributed by atoms with E-state index < -0.39 is 0 Å². The molecular weight excluding hydrogens is 371 g/mol. The summed E-state index contributed by atoms with van der Waals surface area (Å²) in [4.78, 5) is 0.796. The molecule has 0 saturated heterocycles. The Hall–Kier alpha value is -1.84. The van der Waals surface area contributed by atoms with Gasteiger partial charge in [0.2, 0.25) is 0 Å². The molecule has 0 amide bonds. The number of fused-ring (bicyclic) bond motifs is 2. The molecule has 0 N–H and O–H groups in total. The first-order valence-electron chi connectivity index (χ1n) is 7.24. The average molecular weight is 383 g/mol. The minimum Gasteiger partial charge on any atom is -0.205 e. The quantitative estimate of drug-likeness (QED) is 0.342. The molecule has 112 valence electrons. The molecule has 0 atom stereocenters. The second-order valence-electron chi connectivity index (χ2n) is 5.46. The van der Waals surface area contributed by atoms with Crippen molar-refractivity contribution in [3.05, 3.63) is 77.0 Å². The van der Waals surface area contributed by atoms with E-state index in [0.29, 0.717) is 10.0 Å². The molecule has 0 aliphatic rings. The summed E-state index contributed by atoms with van der Waals surface area (Å²) >= 11 is 8.07. The maximum Gasteiger partial charge on any atom is 0.145 e. The van der Waals surface area contributed by atoms with E-state index in [-0.39, 0.29) is 5.82 Å². The van der Waals surface area contributed by atoms with Gasteiger partial charge in [0.25, 0.3) is 0 Å². The van der Waals surface area contributed by atoms with Crippen LogP contribution in [-0.2, 0) is 0 Å². The van der Waals surface area contributed by atoms with Gasteiger partial charge in [-0.25, -0.2) is 4.39 Å². The first-order chi connectivity index (χ1) is 11.2. The summed E-state index contributed by atoms with van der Waals surface area (Å²) in [5, 5.41) is 3.99. The molecular formula is C20H12BrFS. The Kier molecular flexibility index (Phi) is 3.63. The maximum atomic E-state index is 14.9. The fourth-order valence-corrected chi connectivity index (χ4v) is 3.92. The van der Waals surface area contributed by atoms with Crippen LogP contribution in [0, 0.1) is 5.82 Å². The third-order valence-electron chi connectivity index (χ3n) is 4.12. The number of thiol groups is 1. The van der Waals surface area contributed by atoms with Crippen LogP contribution in [0.3, 0.4) is 0 Å². The largest absolute Gasteiger partial charge is 0.205 e. The van der Waals surface area contributed by atoms with E-state index >= 15 is 0 Å². The highest BCUT2D eigenvalue weighted by Gasteiger charge is 2.15. The van der Waals surface area contributed by atoms with Gasteiger partial charge >= 0.3 is 0 Å². The molecule has 4 rings (SSSR count). The summed E-state index contributed by atoms with van der Waals surface area (Å²) in [5.41, 5.74) is 1.36. The number of benzene rings is 4. The monoisotopic (exact) mass is 382 g/mol. The van der Waals surface area contributed by atoms with E-state index in [2.05, 4.69) is 28.6 Å². The van der Waals surface area contributed by atoms with Gasteiger partial charge in [-0.2, -0.15) is 0 Å². The molecule has 0 nitrogen and oxygen atoms in total. The van der Waals surface area contributed by atoms with Gasteiger partial charge in [-0.3, -0.25) is 0 Å². The summed E-state index contributed by atoms with van der Waals surface area (Å²) in [7, 11) is 0. The topological polar surface area (TPSA) is 0 Å². The summed E-state index contributed by atoms with van der Waals surface area (Å²) in [6.45, 7) is 0. The molecule has 4 aromatic carbocycles. The van der Waals surface area contributed by atoms with Crippen molar-refractivity contribution in [2.75, 3.05) is 0 Å². The van der Waals surface area contributed by atoms with E-state index in [4.69, 9.17) is 0 Å². The van der Waals surface area contributed by atoms with Crippen molar-refractivity contribution in [3.63, 3.8) is 0 Å². The number of hydrogen-bond acceptors (Lipinski definition) is 1. The lowest BCUT2D eigenvalue weighted by Crippen LogP contribution is -1.90. The van der Waals surface area contributed by atoms with Crippen LogP contribution >= 0.6 is 28.6 Å². The van der Waals surface area contributed by atoms with Crippen LogP contribution in [0.25, 0.3) is 32.7 Å². The van der Waals surface area contributed by atoms with Crippen LogP contribution in [0.1, 0.15) is 0 Å². The molecule has 0 saturated carbocycles. The predicted molar refractivity (Wildman–Crippen MR) is 102 cm³/mol. The highest BCUT2D eigenvalue weighted by Crippen LogP contribution is 2.39. The highest BCUT2D eigenvalue weighted by molar-refractivity contribution is 9.10. The zero-order valence-corrected chi connectivity index (χ0v) is 14.5. The summed E-state index contributed by atoms with van der Waals surface area (Å²) in [6.07, 6.45) is 0. The third-order valence-corrected chi connectivity index (χ3v) is 5.37. The molecule has 0 aliphatic heterocycles. The zero-order chi connectivity index (χ0) is 16.0. The molecule has 0 heterocycles. The lowest BCUT2D eigenvalue weighted by atomic mass is 9.98. The molecule has 0 bridgehead atoms. The van der Waals surface area contributed by atoms with Crippen LogP contribution in [0.15, 0.2) is 76.1 Å². The van der Waals surface area contributed by atoms with Gasteiger partial charge in [-0.05, 0) is 49.1 Å². The van der Waals surface area contributed by atoms with Crippen LogP contribution in [0.4, 0.5) is 4.39 Å². The summed E-state index contributed by atoms with van der Waals surface area (Å²) in [6, 6.07) is 21.6. The number of hydrogen-bond donors (Lipinski definition) is 1. The highest BCUT2D eigenvalue weighted by atomic mass is 79.9. The molecule has 0 fully saturated rings. The molecule has 0 aliphatic carbocycles. The maximum absolute atomic E-state index is 14.9. The van der Waals surface area contributed by atoms with Gasteiger partial charge in [0.1, 0.15) is 5.82 Å². The molecule has 0 spiro atoms. The van der Waals surface area contributed by atoms with Crippen molar-refractivity contribution in [1.82, 2.24) is 0 Å². The minimum absolute atomic E-state index is 0.255. The third kappa shape index (κ3) is 2.35. The normalized spacial score (nSPS) is 11.3. The van der Waals surface area contributed by atoms with Crippen LogP contribution in [0.2, 0.25) is 0 Å². The lowest BCUT2D eigenvalue weighted by molar-refractivity contribution is 0.626. The van der Waals surface area contributed by atoms with Crippen molar-refractivity contribution in [1.29, 1.82) is 0 Å². The van der Waals surface area contributed by atoms with E-state index in [1.807, 2.05) is 66.7 Å². The fourth-order valence-electron chi connectivity index (χ4n) is 2.95. The second kappa shape index (κ2) is 5.66. The van der Waals surface area contributed by atoms with Gasteiger partial charge in [0.15, 0.2) is 0 Å². The van der Waals surface area contributed by atoms with Gasteiger partial charge in [0, 0.05) is 10.5 Å². The van der Waals surface area contributed by atoms with Crippen LogP contribution < -0.4 is 0 Å². The SMILES string of the molecule is Fc1c(-c2ccc3ccccc3c2S)cc2ccccc2c1Br. The van der Waals surface area contributed by atoms with Crippen molar-refractivity contribution in [2.45, 2.75) is 4.90 Å². The molecule has 0 unspecified atom stereocenters. The van der Waals surface area contributed by atoms with Gasteiger partial charge < -0.3 is 0 Å². The smallest absolute Gasteiger partial charge is 0.145 e. The van der Waals surface area contributed by atoms with Crippen LogP contribution in [0.5, 0.6) is 0 Å². The van der Waals surface area contributed by atoms with Crippen molar-refractivity contribution >= 4 is 50.1 Å². The molecule has 23 heavy (non-hydrogen) atoms. The van der Waals surface area contributed by atoms with Crippen molar-refractivity contribution in [3.8, 4) is 11.1 Å². The standard InChI is InChI=1S/C20H12BrFS/c21-18-14-7-3-2-6-13(14)11-17(19(18)22)16-10-9-12-5-1-4-8-15(12)20(16)23/h1-11,23H. The van der Waals surface area contributed by atoms with Crippen molar-refractivity contribution in [2.24, 2.45) is 0 Å². The van der Waals surface area contributed by atoms with E-state index in [0.717, 1.165) is 32.0 Å². The van der Waals surface area contributed by atoms with E-state index in [9.17, 15) is 4.39 Å². The Balaban J connectivity index is 2.06. The Bertz CT molecular complexity index is 1060. The lowest BCUT2D eigenvalue weighted by Gasteiger charge is -2.13. The predicted octanol–water partition coefficient (Wildman–Crippen LogP) is 6.85. The van der Waals surface area contributed by atoms with Gasteiger partial charge in [-0.15, -0.1) is 12.6 Å². The number of halogens is 2. The van der Waals surface area contributed by atoms with Gasteiger partial charge in [-0.1, -0.05) is 60.7 Å². The average Bonchev–Trinajstić information content (AvgIpc) is 2.59. The van der Waals surface area contributed by atoms with E-state index in [1.54, 1.807) is 0 Å². The van der Waals surface area contributed by atoms with Crippen molar-refractivity contribution < 1.29 is 4.39 Å². The first kappa shape index (κ1) is 14.7. The first-order valence-corrected chi connectivity index (χ1v) is 8.48.